The Labute approximate surface area is 722 Å². The molecule has 0 saturated carbocycles. The minimum absolute atomic E-state index is 0.00655. The number of carbonyl (C=O) groups excluding carboxylic acids is 11. The molecule has 0 unspecified atom stereocenters. The molecule has 6 amide bonds. The number of nitrogens with two attached hydrogens (primary N) is 3. The van der Waals surface area contributed by atoms with Gasteiger partial charge in [0.15, 0.2) is 5.78 Å². The fraction of sp³-hybridized carbons (Fsp3) is 0.831. The van der Waals surface area contributed by atoms with Gasteiger partial charge in [-0.2, -0.15) is 0 Å². The lowest BCUT2D eigenvalue weighted by Crippen LogP contribution is -2.41. The maximum absolute atomic E-state index is 12.4. The molecule has 0 aromatic heterocycles. The molecule has 702 valence electrons. The van der Waals surface area contributed by atoms with Crippen molar-refractivity contribution < 1.29 is 111 Å². The zero-order valence-corrected chi connectivity index (χ0v) is 75.2. The van der Waals surface area contributed by atoms with Crippen LogP contribution in [-0.2, 0) is 90.9 Å². The van der Waals surface area contributed by atoms with E-state index in [0.717, 1.165) is 148 Å². The summed E-state index contributed by atoms with van der Waals surface area (Å²) in [4.78, 5) is 175. The summed E-state index contributed by atoms with van der Waals surface area (Å²) in [6.07, 6.45) is 35.4. The number of ether oxygens (including phenoxy) is 4. The molecule has 0 aromatic rings. The Bertz CT molecular complexity index is 2660. The summed E-state index contributed by atoms with van der Waals surface area (Å²) in [7, 11) is 0. The van der Waals surface area contributed by atoms with E-state index in [-0.39, 0.29) is 193 Å². The fourth-order valence-electron chi connectivity index (χ4n) is 12.1. The van der Waals surface area contributed by atoms with Gasteiger partial charge in [-0.1, -0.05) is 175 Å². The lowest BCUT2D eigenvalue weighted by atomic mass is 9.92. The van der Waals surface area contributed by atoms with E-state index in [9.17, 15) is 82.1 Å². The van der Waals surface area contributed by atoms with E-state index in [2.05, 4.69) is 31.9 Å². The first-order chi connectivity index (χ1) is 57.6. The second-order valence-electron chi connectivity index (χ2n) is 32.9. The highest BCUT2D eigenvalue weighted by Crippen LogP contribution is 2.19. The van der Waals surface area contributed by atoms with E-state index >= 15 is 0 Å². The molecule has 0 rings (SSSR count). The molecule has 0 spiro atoms. The van der Waals surface area contributed by atoms with Crippen LogP contribution in [0.25, 0.3) is 0 Å². The van der Waals surface area contributed by atoms with Crippen LogP contribution in [-0.4, -0.2) is 218 Å². The monoisotopic (exact) mass is 1730 g/mol. The van der Waals surface area contributed by atoms with Crippen LogP contribution >= 0.6 is 0 Å². The van der Waals surface area contributed by atoms with E-state index in [1.807, 2.05) is 27.7 Å². The number of rotatable bonds is 82. The number of nitrogens with one attached hydrogen (secondary N) is 6. The first-order valence-corrected chi connectivity index (χ1v) is 45.3. The van der Waals surface area contributed by atoms with Gasteiger partial charge in [-0.25, -0.2) is 4.79 Å². The van der Waals surface area contributed by atoms with Crippen LogP contribution < -0.4 is 49.1 Å². The van der Waals surface area contributed by atoms with Crippen LogP contribution in [0.1, 0.15) is 350 Å². The van der Waals surface area contributed by atoms with Crippen molar-refractivity contribution in [3.05, 3.63) is 0 Å². The zero-order valence-electron chi connectivity index (χ0n) is 75.2. The third kappa shape index (κ3) is 83.4. The molecule has 0 aliphatic heterocycles. The zero-order chi connectivity index (χ0) is 91.1. The largest absolute Gasteiger partial charge is 0.481 e. The summed E-state index contributed by atoms with van der Waals surface area (Å²) in [5.41, 5.74) is 17.5. The standard InChI is InChI=1S/C43H77N3O11.C40H74N6O11.C6H12O/c1-34(35(2)47)20-18-19-27-46-42(53)39(44)23-16-13-15-22-38(49)33-57-31-30-56-29-28-45-40(50)26-25-36(43(54)55)32-37(48)21-14-11-9-7-5-3-4-6-8-10-12-17-24-41(51)52;1-31(47)32(41)18-14-17-25-45-39(53)33(42)19-15-16-24-43-37(50)30-57-29-28-56-27-26-44-35(48)23-22-34(40(54)55)46-36(49)20-12-10-8-6-4-2-3-5-7-9-11-13-21-38(51)52;1-5(7)6(2,3)4/h34,36,39H,3-33,44H2,1-2H3,(H,45,50)(H,46,53)(H,51,52)(H,54,55);32-34H,2-30,41-42H2,1H3,(H,43,50)(H,44,48)(H,45,53)(H,46,49)(H,51,52)(H,54,55);1-4H3/t34-,36+,39-;32-,33-,34-;/m00./s1. The molecule has 6 atom stereocenters. The summed E-state index contributed by atoms with van der Waals surface area (Å²) in [6.45, 7) is 15.4. The Kier molecular flexibility index (Phi) is 79.1. The number of amides is 6. The molecular weight excluding hydrogens is 1560 g/mol. The van der Waals surface area contributed by atoms with Gasteiger partial charge in [-0.15, -0.1) is 0 Å². The van der Waals surface area contributed by atoms with Gasteiger partial charge in [-0.05, 0) is 124 Å². The van der Waals surface area contributed by atoms with Crippen molar-refractivity contribution in [2.24, 2.45) is 34.5 Å². The molecule has 0 heterocycles. The van der Waals surface area contributed by atoms with Crippen molar-refractivity contribution >= 4 is 88.2 Å². The van der Waals surface area contributed by atoms with Gasteiger partial charge in [0.05, 0.1) is 63.7 Å². The number of hydrogen-bond acceptors (Lipinski definition) is 22. The number of carboxylic acid groups (broad SMARTS) is 4. The number of carboxylic acids is 4. The third-order valence-electron chi connectivity index (χ3n) is 20.6. The first-order valence-electron chi connectivity index (χ1n) is 45.3. The Morgan fingerprint density at radius 3 is 1.05 bits per heavy atom. The highest BCUT2D eigenvalue weighted by Gasteiger charge is 2.24. The molecule has 0 saturated heterocycles. The van der Waals surface area contributed by atoms with Crippen molar-refractivity contribution in [3.8, 4) is 0 Å². The van der Waals surface area contributed by atoms with E-state index in [1.54, 1.807) is 13.8 Å². The summed E-state index contributed by atoms with van der Waals surface area (Å²) in [5, 5.41) is 52.6. The van der Waals surface area contributed by atoms with Crippen LogP contribution in [0.5, 0.6) is 0 Å². The summed E-state index contributed by atoms with van der Waals surface area (Å²) >= 11 is 0. The van der Waals surface area contributed by atoms with Crippen LogP contribution in [0.4, 0.5) is 0 Å². The highest BCUT2D eigenvalue weighted by atomic mass is 16.5. The van der Waals surface area contributed by atoms with Gasteiger partial charge in [0.25, 0.3) is 0 Å². The van der Waals surface area contributed by atoms with Crippen molar-refractivity contribution in [2.45, 2.75) is 374 Å². The summed E-state index contributed by atoms with van der Waals surface area (Å²) in [5.74, 6) is -5.94. The molecule has 32 nitrogen and oxygen atoms in total. The van der Waals surface area contributed by atoms with Crippen molar-refractivity contribution in [3.63, 3.8) is 0 Å². The summed E-state index contributed by atoms with van der Waals surface area (Å²) in [6, 6.07) is -2.81. The van der Waals surface area contributed by atoms with Crippen LogP contribution in [0, 0.1) is 17.3 Å². The molecule has 0 fully saturated rings. The van der Waals surface area contributed by atoms with Gasteiger partial charge < -0.3 is 88.5 Å². The Morgan fingerprint density at radius 2 is 0.653 bits per heavy atom. The maximum atomic E-state index is 12.4. The Hall–Kier alpha value is -7.23. The van der Waals surface area contributed by atoms with Gasteiger partial charge in [0, 0.05) is 95.4 Å². The highest BCUT2D eigenvalue weighted by molar-refractivity contribution is 5.86. The van der Waals surface area contributed by atoms with E-state index in [1.165, 1.54) is 45.4 Å². The predicted octanol–water partition coefficient (Wildman–Crippen LogP) is 10.9. The van der Waals surface area contributed by atoms with E-state index in [4.69, 9.17) is 46.4 Å². The van der Waals surface area contributed by atoms with Gasteiger partial charge in [-0.3, -0.25) is 67.1 Å². The molecule has 32 heteroatoms. The first kappa shape index (κ1) is 118. The molecule has 0 aliphatic carbocycles. The third-order valence-corrected chi connectivity index (χ3v) is 20.6. The number of Topliss-reactive ketones (excluding diaryl/α,β-unsaturated/α-hetero) is 5. The van der Waals surface area contributed by atoms with E-state index < -0.39 is 54.0 Å². The maximum Gasteiger partial charge on any atom is 0.326 e. The Morgan fingerprint density at radius 1 is 0.314 bits per heavy atom. The van der Waals surface area contributed by atoms with Gasteiger partial charge in [0.2, 0.25) is 35.4 Å². The fourth-order valence-corrected chi connectivity index (χ4v) is 12.1. The number of aliphatic carboxylic acids is 4. The van der Waals surface area contributed by atoms with Crippen molar-refractivity contribution in [1.29, 1.82) is 0 Å². The molecule has 0 bridgehead atoms. The smallest absolute Gasteiger partial charge is 0.326 e. The minimum Gasteiger partial charge on any atom is -0.481 e. The lowest BCUT2D eigenvalue weighted by molar-refractivity contribution is -0.144. The number of carbonyl (C=O) groups is 15. The van der Waals surface area contributed by atoms with Crippen LogP contribution in [0.2, 0.25) is 0 Å². The van der Waals surface area contributed by atoms with Crippen molar-refractivity contribution in [2.75, 3.05) is 85.6 Å². The van der Waals surface area contributed by atoms with E-state index in [0.29, 0.717) is 83.8 Å². The van der Waals surface area contributed by atoms with Gasteiger partial charge >= 0.3 is 23.9 Å². The lowest BCUT2D eigenvalue weighted by Gasteiger charge is -2.14. The molecule has 16 N–H and O–H groups in total. The minimum atomic E-state index is -1.19. The molecule has 0 radical (unpaired) electrons. The Balaban J connectivity index is -0.00000213. The van der Waals surface area contributed by atoms with Gasteiger partial charge in [0.1, 0.15) is 42.4 Å². The second kappa shape index (κ2) is 81.1. The SMILES string of the molecule is CC(=O)C(C)(C)C.CC(=O)[C@@H](C)CCCCNC(=O)[C@@H](N)CCCCCC(=O)COCCOCCNC(=O)CC[C@H](CC(=O)CCCCCCCCCCCCCCC(=O)O)C(=O)O.CC(=O)[C@@H](N)CCCCNC(=O)[C@@H](N)CCCCNC(=O)COCCOCCNC(=O)CC[C@H](NC(=O)CCCCCCCCCCCCCCC(=O)O)C(=O)O. The number of unbranched alkanes of at least 4 members (excludes halogenated alkanes) is 27. The molecule has 0 aliphatic rings. The quantitative estimate of drug-likeness (QED) is 0.0252. The number of hydrogen-bond donors (Lipinski definition) is 13. The normalized spacial score (nSPS) is 12.6. The molecular formula is C89H163N9O23. The predicted molar refractivity (Wildman–Crippen MR) is 466 cm³/mol. The molecule has 121 heavy (non-hydrogen) atoms. The topological polar surface area (TPSA) is 524 Å². The number of ketones is 5. The van der Waals surface area contributed by atoms with Crippen LogP contribution in [0.3, 0.4) is 0 Å². The molecule has 0 aromatic carbocycles. The van der Waals surface area contributed by atoms with Crippen molar-refractivity contribution in [1.82, 2.24) is 31.9 Å². The summed E-state index contributed by atoms with van der Waals surface area (Å²) < 4.78 is 21.5. The average Bonchev–Trinajstić information content (AvgIpc) is 0.932. The average molecular weight is 1730 g/mol. The second-order valence-corrected chi connectivity index (χ2v) is 32.9. The van der Waals surface area contributed by atoms with Crippen LogP contribution in [0.15, 0.2) is 0 Å².